The summed E-state index contributed by atoms with van der Waals surface area (Å²) in [6.07, 6.45) is 6.05. The Morgan fingerprint density at radius 1 is 1.21 bits per heavy atom. The third-order valence-electron chi connectivity index (χ3n) is 7.75. The minimum absolute atomic E-state index is 0. The van der Waals surface area contributed by atoms with E-state index < -0.39 is 38.7 Å². The van der Waals surface area contributed by atoms with Gasteiger partial charge in [-0.15, -0.1) is 31.4 Å². The van der Waals surface area contributed by atoms with E-state index in [4.69, 9.17) is 18.9 Å². The number of amides is 2. The van der Waals surface area contributed by atoms with Crippen molar-refractivity contribution in [3.63, 3.8) is 0 Å². The van der Waals surface area contributed by atoms with E-state index in [2.05, 4.69) is 21.9 Å². The van der Waals surface area contributed by atoms with Gasteiger partial charge in [-0.3, -0.25) is 14.3 Å². The highest BCUT2D eigenvalue weighted by Gasteiger charge is 2.61. The molecule has 3 aromatic rings. The number of methoxy groups -OCH3 is 1. The molecule has 4 atom stereocenters. The van der Waals surface area contributed by atoms with Crippen LogP contribution in [0.4, 0.5) is 0 Å². The zero-order chi connectivity index (χ0) is 28.1. The van der Waals surface area contributed by atoms with Crippen molar-refractivity contribution in [3.05, 3.63) is 55.5 Å². The van der Waals surface area contributed by atoms with Gasteiger partial charge in [-0.2, -0.15) is 0 Å². The molecule has 3 N–H and O–H groups in total. The van der Waals surface area contributed by atoms with Crippen LogP contribution in [0.15, 0.2) is 59.9 Å². The van der Waals surface area contributed by atoms with E-state index in [1.807, 2.05) is 30.3 Å². The second-order valence-corrected chi connectivity index (χ2v) is 12.5. The van der Waals surface area contributed by atoms with E-state index in [0.29, 0.717) is 49.6 Å². The van der Waals surface area contributed by atoms with Crippen LogP contribution in [0, 0.1) is 5.92 Å². The maximum absolute atomic E-state index is 13.2. The number of ether oxygens (including phenoxy) is 2. The lowest BCUT2D eigenvalue weighted by Gasteiger charge is -2.21. The Morgan fingerprint density at radius 2 is 2.00 bits per heavy atom. The minimum atomic E-state index is -3.74. The zero-order valence-corrected chi connectivity index (χ0v) is 25.2. The highest BCUT2D eigenvalue weighted by Crippen LogP contribution is 2.45. The van der Waals surface area contributed by atoms with Crippen molar-refractivity contribution in [2.75, 3.05) is 13.7 Å². The molecule has 1 saturated heterocycles. The monoisotopic (exact) mass is 638 g/mol. The smallest absolute Gasteiger partial charge is 0.259 e. The molecule has 2 aromatic heterocycles. The standard InChI is InChI=1S/C28H30N4O7S.2ClH/c1-3-18-13-28(18,27(34)32-40(35,36)21-5-6-21)31-25(33)24-12-20(14-29-24)39-26-22-7-4-19(37-2)10-17(22)11-23(30-26)16-8-9-38-15-16;;/h3-4,7-11,15,18,20-21,24,29H,1,5-6,12-14H2,2H3,(H,31,33)(H,32,34);2*1H/t18-,20-,24+,28-;;/m1../s1. The van der Waals surface area contributed by atoms with Crippen molar-refractivity contribution in [2.24, 2.45) is 5.92 Å². The fourth-order valence-electron chi connectivity index (χ4n) is 5.15. The zero-order valence-electron chi connectivity index (χ0n) is 22.7. The fourth-order valence-corrected chi connectivity index (χ4v) is 6.52. The quantitative estimate of drug-likeness (QED) is 0.285. The number of carbonyl (C=O) groups is 2. The molecule has 2 amide bonds. The molecule has 42 heavy (non-hydrogen) atoms. The first-order chi connectivity index (χ1) is 19.2. The fraction of sp³-hybridized carbons (Fsp3) is 0.393. The average Bonchev–Trinajstić information content (AvgIpc) is 3.80. The second-order valence-electron chi connectivity index (χ2n) is 10.5. The first kappa shape index (κ1) is 31.6. The largest absolute Gasteiger partial charge is 0.497 e. The van der Waals surface area contributed by atoms with Crippen molar-refractivity contribution in [3.8, 4) is 22.9 Å². The number of aromatic nitrogens is 1. The van der Waals surface area contributed by atoms with Crippen LogP contribution in [0.1, 0.15) is 25.7 Å². The van der Waals surface area contributed by atoms with Crippen LogP contribution in [0.25, 0.3) is 22.0 Å². The number of pyridine rings is 1. The van der Waals surface area contributed by atoms with Crippen LogP contribution in [0.3, 0.4) is 0 Å². The van der Waals surface area contributed by atoms with Gasteiger partial charge >= 0.3 is 0 Å². The lowest BCUT2D eigenvalue weighted by molar-refractivity contribution is -0.130. The Balaban J connectivity index is 0.00000202. The number of carbonyl (C=O) groups excluding carboxylic acids is 2. The highest BCUT2D eigenvalue weighted by atomic mass is 35.5. The van der Waals surface area contributed by atoms with Crippen molar-refractivity contribution in [1.82, 2.24) is 20.3 Å². The average molecular weight is 640 g/mol. The van der Waals surface area contributed by atoms with Gasteiger partial charge in [0.2, 0.25) is 21.8 Å². The molecule has 3 fully saturated rings. The molecule has 3 heterocycles. The lowest BCUT2D eigenvalue weighted by Crippen LogP contribution is -2.55. The van der Waals surface area contributed by atoms with E-state index in [0.717, 1.165) is 16.3 Å². The summed E-state index contributed by atoms with van der Waals surface area (Å²) in [5.74, 6) is -0.352. The molecule has 6 rings (SSSR count). The number of hydrogen-bond acceptors (Lipinski definition) is 9. The molecule has 1 aromatic carbocycles. The van der Waals surface area contributed by atoms with Crippen LogP contribution in [0.2, 0.25) is 0 Å². The van der Waals surface area contributed by atoms with Gasteiger partial charge in [0, 0.05) is 29.8 Å². The number of hydrogen-bond donors (Lipinski definition) is 3. The van der Waals surface area contributed by atoms with Gasteiger partial charge in [-0.25, -0.2) is 13.4 Å². The summed E-state index contributed by atoms with van der Waals surface area (Å²) in [5, 5.41) is 7.08. The maximum atomic E-state index is 13.2. The molecule has 2 saturated carbocycles. The summed E-state index contributed by atoms with van der Waals surface area (Å²) in [6, 6.07) is 8.71. The maximum Gasteiger partial charge on any atom is 0.259 e. The van der Waals surface area contributed by atoms with Crippen LogP contribution in [0.5, 0.6) is 11.6 Å². The third-order valence-corrected chi connectivity index (χ3v) is 9.57. The number of benzene rings is 1. The normalized spacial score (nSPS) is 24.5. The van der Waals surface area contributed by atoms with Gasteiger partial charge in [0.15, 0.2) is 0 Å². The summed E-state index contributed by atoms with van der Waals surface area (Å²) in [7, 11) is -2.14. The summed E-state index contributed by atoms with van der Waals surface area (Å²) in [5.41, 5.74) is 0.143. The first-order valence-corrected chi connectivity index (χ1v) is 14.7. The SMILES string of the molecule is C=C[C@@H]1C[C@]1(NC(=O)[C@@H]1C[C@@H](Oc2nc(-c3ccoc3)cc3cc(OC)ccc23)CN1)C(=O)NS(=O)(=O)C1CC1.Cl.Cl. The molecule has 226 valence electrons. The van der Waals surface area contributed by atoms with Crippen molar-refractivity contribution < 1.29 is 31.9 Å². The Bertz CT molecular complexity index is 1600. The number of furan rings is 1. The minimum Gasteiger partial charge on any atom is -0.497 e. The molecule has 14 heteroatoms. The molecule has 0 radical (unpaired) electrons. The predicted molar refractivity (Wildman–Crippen MR) is 161 cm³/mol. The van der Waals surface area contributed by atoms with E-state index in [1.165, 1.54) is 0 Å². The molecule has 1 aliphatic heterocycles. The summed E-state index contributed by atoms with van der Waals surface area (Å²) >= 11 is 0. The van der Waals surface area contributed by atoms with Crippen molar-refractivity contribution in [1.29, 1.82) is 0 Å². The second kappa shape index (κ2) is 12.1. The van der Waals surface area contributed by atoms with Gasteiger partial charge in [0.1, 0.15) is 17.4 Å². The molecular formula is C28H32Cl2N4O7S. The number of sulfonamides is 1. The molecule has 0 unspecified atom stereocenters. The van der Waals surface area contributed by atoms with Gasteiger partial charge in [-0.05, 0) is 55.0 Å². The van der Waals surface area contributed by atoms with Gasteiger partial charge in [-0.1, -0.05) is 6.08 Å². The number of rotatable bonds is 10. The Kier molecular flexibility index (Phi) is 9.12. The summed E-state index contributed by atoms with van der Waals surface area (Å²) in [4.78, 5) is 30.9. The highest BCUT2D eigenvalue weighted by molar-refractivity contribution is 7.91. The van der Waals surface area contributed by atoms with Crippen LogP contribution >= 0.6 is 24.8 Å². The number of nitrogens with one attached hydrogen (secondary N) is 3. The van der Waals surface area contributed by atoms with E-state index in [1.54, 1.807) is 25.7 Å². The van der Waals surface area contributed by atoms with Crippen molar-refractivity contribution in [2.45, 2.75) is 48.6 Å². The van der Waals surface area contributed by atoms with Crippen LogP contribution in [-0.4, -0.2) is 61.8 Å². The van der Waals surface area contributed by atoms with Gasteiger partial charge in [0.05, 0.1) is 36.6 Å². The molecule has 0 spiro atoms. The molecule has 0 bridgehead atoms. The molecular weight excluding hydrogens is 607 g/mol. The molecule has 3 aliphatic rings. The van der Waals surface area contributed by atoms with Crippen molar-refractivity contribution >= 4 is 57.4 Å². The van der Waals surface area contributed by atoms with Crippen LogP contribution < -0.4 is 24.8 Å². The van der Waals surface area contributed by atoms with Gasteiger partial charge < -0.3 is 24.5 Å². The predicted octanol–water partition coefficient (Wildman–Crippen LogP) is 3.13. The van der Waals surface area contributed by atoms with E-state index in [9.17, 15) is 18.0 Å². The molecule has 11 nitrogen and oxygen atoms in total. The van der Waals surface area contributed by atoms with Crippen LogP contribution in [-0.2, 0) is 19.6 Å². The summed E-state index contributed by atoms with van der Waals surface area (Å²) in [6.45, 7) is 4.11. The van der Waals surface area contributed by atoms with E-state index in [-0.39, 0.29) is 36.8 Å². The third kappa shape index (κ3) is 6.07. The lowest BCUT2D eigenvalue weighted by atomic mass is 10.1. The number of halogens is 2. The summed E-state index contributed by atoms with van der Waals surface area (Å²) < 4.78 is 43.8. The van der Waals surface area contributed by atoms with Gasteiger partial charge in [0.25, 0.3) is 5.91 Å². The Morgan fingerprint density at radius 3 is 2.64 bits per heavy atom. The Labute approximate surface area is 255 Å². The molecule has 2 aliphatic carbocycles. The first-order valence-electron chi connectivity index (χ1n) is 13.1. The topological polar surface area (TPSA) is 149 Å². The number of fused-ring (bicyclic) bond motifs is 1. The van der Waals surface area contributed by atoms with E-state index >= 15 is 0 Å². The Hall–Kier alpha value is -3.32. The number of nitrogens with zero attached hydrogens (tertiary/aromatic N) is 1.